The standard InChI is InChI=1S/C13H15ClN2O5/c14-8-1-2-11(10(5-8)12(17)18)16-13(19)15-6-9-7-20-3-4-21-9/h1-2,5,9H,3-4,6-7H2,(H,17,18)(H2,15,16,19). The number of anilines is 1. The Morgan fingerprint density at radius 1 is 1.38 bits per heavy atom. The fraction of sp³-hybridized carbons (Fsp3) is 0.385. The van der Waals surface area contributed by atoms with Crippen molar-refractivity contribution in [2.45, 2.75) is 6.10 Å². The van der Waals surface area contributed by atoms with Crippen LogP contribution >= 0.6 is 11.6 Å². The summed E-state index contributed by atoms with van der Waals surface area (Å²) < 4.78 is 10.6. The van der Waals surface area contributed by atoms with Gasteiger partial charge in [0.2, 0.25) is 0 Å². The van der Waals surface area contributed by atoms with Crippen molar-refractivity contribution in [3.63, 3.8) is 0 Å². The predicted molar refractivity (Wildman–Crippen MR) is 76.0 cm³/mol. The van der Waals surface area contributed by atoms with Crippen molar-refractivity contribution in [1.82, 2.24) is 5.32 Å². The number of rotatable bonds is 4. The lowest BCUT2D eigenvalue weighted by molar-refractivity contribution is -0.0852. The SMILES string of the molecule is O=C(NCC1COCCO1)Nc1ccc(Cl)cc1C(=O)O. The molecule has 0 saturated carbocycles. The molecule has 7 nitrogen and oxygen atoms in total. The van der Waals surface area contributed by atoms with Crippen molar-refractivity contribution in [2.75, 3.05) is 31.7 Å². The van der Waals surface area contributed by atoms with Crippen molar-refractivity contribution in [3.05, 3.63) is 28.8 Å². The van der Waals surface area contributed by atoms with E-state index in [1.165, 1.54) is 18.2 Å². The van der Waals surface area contributed by atoms with Crippen LogP contribution in [-0.4, -0.2) is 49.6 Å². The van der Waals surface area contributed by atoms with Gasteiger partial charge in [-0.3, -0.25) is 0 Å². The first-order valence-corrected chi connectivity index (χ1v) is 6.71. The second-order valence-electron chi connectivity index (χ2n) is 4.40. The van der Waals surface area contributed by atoms with Crippen LogP contribution in [0, 0.1) is 0 Å². The highest BCUT2D eigenvalue weighted by Gasteiger charge is 2.16. The molecule has 0 aromatic heterocycles. The quantitative estimate of drug-likeness (QED) is 0.784. The van der Waals surface area contributed by atoms with Crippen molar-refractivity contribution >= 4 is 29.3 Å². The van der Waals surface area contributed by atoms with E-state index in [2.05, 4.69) is 10.6 Å². The molecule has 0 bridgehead atoms. The number of nitrogens with one attached hydrogen (secondary N) is 2. The molecule has 1 aliphatic rings. The van der Waals surface area contributed by atoms with E-state index in [0.717, 1.165) is 0 Å². The van der Waals surface area contributed by atoms with E-state index < -0.39 is 12.0 Å². The molecule has 3 N–H and O–H groups in total. The van der Waals surface area contributed by atoms with Crippen molar-refractivity contribution in [2.24, 2.45) is 0 Å². The molecular weight excluding hydrogens is 300 g/mol. The highest BCUT2D eigenvalue weighted by atomic mass is 35.5. The summed E-state index contributed by atoms with van der Waals surface area (Å²) in [5.74, 6) is -1.17. The molecule has 114 valence electrons. The lowest BCUT2D eigenvalue weighted by Gasteiger charge is -2.23. The van der Waals surface area contributed by atoms with Gasteiger partial charge in [-0.1, -0.05) is 11.6 Å². The predicted octanol–water partition coefficient (Wildman–Crippen LogP) is 1.58. The van der Waals surface area contributed by atoms with Crippen LogP contribution in [0.25, 0.3) is 0 Å². The van der Waals surface area contributed by atoms with E-state index in [4.69, 9.17) is 26.2 Å². The van der Waals surface area contributed by atoms with Crippen LogP contribution in [0.15, 0.2) is 18.2 Å². The molecule has 8 heteroatoms. The highest BCUT2D eigenvalue weighted by molar-refractivity contribution is 6.31. The molecule has 1 atom stereocenters. The zero-order valence-corrected chi connectivity index (χ0v) is 11.9. The molecule has 1 aliphatic heterocycles. The number of halogens is 1. The summed E-state index contributed by atoms with van der Waals surface area (Å²) in [4.78, 5) is 22.9. The van der Waals surface area contributed by atoms with Crippen LogP contribution in [0.3, 0.4) is 0 Å². The van der Waals surface area contributed by atoms with Gasteiger partial charge in [0.15, 0.2) is 0 Å². The maximum Gasteiger partial charge on any atom is 0.337 e. The smallest absolute Gasteiger partial charge is 0.337 e. The van der Waals surface area contributed by atoms with Crippen LogP contribution in [0.4, 0.5) is 10.5 Å². The number of aromatic carboxylic acids is 1. The maximum atomic E-state index is 11.8. The summed E-state index contributed by atoms with van der Waals surface area (Å²) in [6, 6.07) is 3.69. The lowest BCUT2D eigenvalue weighted by atomic mass is 10.2. The van der Waals surface area contributed by atoms with Gasteiger partial charge < -0.3 is 25.2 Å². The molecule has 1 unspecified atom stereocenters. The van der Waals surface area contributed by atoms with Gasteiger partial charge in [-0.2, -0.15) is 0 Å². The third-order valence-corrected chi connectivity index (χ3v) is 3.07. The number of hydrogen-bond acceptors (Lipinski definition) is 4. The van der Waals surface area contributed by atoms with Crippen molar-refractivity contribution in [1.29, 1.82) is 0 Å². The number of urea groups is 1. The van der Waals surface area contributed by atoms with Crippen LogP contribution in [0.5, 0.6) is 0 Å². The van der Waals surface area contributed by atoms with Crippen LogP contribution < -0.4 is 10.6 Å². The Morgan fingerprint density at radius 2 is 2.19 bits per heavy atom. The Balaban J connectivity index is 1.91. The van der Waals surface area contributed by atoms with Crippen LogP contribution in [-0.2, 0) is 9.47 Å². The molecule has 1 fully saturated rings. The molecule has 1 aromatic rings. The number of carboxylic acids is 1. The number of carboxylic acid groups (broad SMARTS) is 1. The van der Waals surface area contributed by atoms with Crippen molar-refractivity contribution < 1.29 is 24.2 Å². The van der Waals surface area contributed by atoms with Gasteiger partial charge in [-0.25, -0.2) is 9.59 Å². The van der Waals surface area contributed by atoms with E-state index in [-0.39, 0.29) is 28.9 Å². The van der Waals surface area contributed by atoms with Gasteiger partial charge in [-0.15, -0.1) is 0 Å². The molecule has 2 rings (SSSR count). The third-order valence-electron chi connectivity index (χ3n) is 2.84. The minimum absolute atomic E-state index is 0.0742. The zero-order chi connectivity index (χ0) is 15.2. The summed E-state index contributed by atoms with van der Waals surface area (Å²) in [6.45, 7) is 1.74. The topological polar surface area (TPSA) is 96.9 Å². The first kappa shape index (κ1) is 15.6. The van der Waals surface area contributed by atoms with Crippen molar-refractivity contribution in [3.8, 4) is 0 Å². The number of amides is 2. The summed E-state index contributed by atoms with van der Waals surface area (Å²) in [5.41, 5.74) is 0.0973. The summed E-state index contributed by atoms with van der Waals surface area (Å²) in [5, 5.41) is 14.4. The molecule has 0 aliphatic carbocycles. The van der Waals surface area contributed by atoms with Gasteiger partial charge in [-0.05, 0) is 18.2 Å². The maximum absolute atomic E-state index is 11.8. The van der Waals surface area contributed by atoms with Gasteiger partial charge in [0.05, 0.1) is 37.2 Å². The highest BCUT2D eigenvalue weighted by Crippen LogP contribution is 2.20. The monoisotopic (exact) mass is 314 g/mol. The third kappa shape index (κ3) is 4.59. The fourth-order valence-electron chi connectivity index (χ4n) is 1.83. The van der Waals surface area contributed by atoms with Crippen LogP contribution in [0.2, 0.25) is 5.02 Å². The lowest BCUT2D eigenvalue weighted by Crippen LogP contribution is -2.41. The second-order valence-corrected chi connectivity index (χ2v) is 4.83. The molecule has 0 radical (unpaired) electrons. The Labute approximate surface area is 126 Å². The molecule has 21 heavy (non-hydrogen) atoms. The Bertz CT molecular complexity index is 531. The molecule has 0 spiro atoms. The van der Waals surface area contributed by atoms with E-state index >= 15 is 0 Å². The second kappa shape index (κ2) is 7.26. The van der Waals surface area contributed by atoms with E-state index in [0.29, 0.717) is 19.8 Å². The Morgan fingerprint density at radius 3 is 2.86 bits per heavy atom. The average Bonchev–Trinajstić information content (AvgIpc) is 2.48. The van der Waals surface area contributed by atoms with Gasteiger partial charge in [0, 0.05) is 11.6 Å². The molecule has 1 aromatic carbocycles. The first-order chi connectivity index (χ1) is 10.1. The number of hydrogen-bond donors (Lipinski definition) is 3. The molecular formula is C13H15ClN2O5. The molecule has 1 saturated heterocycles. The van der Waals surface area contributed by atoms with E-state index in [1.54, 1.807) is 0 Å². The zero-order valence-electron chi connectivity index (χ0n) is 11.1. The Kier molecular flexibility index (Phi) is 5.38. The molecule has 2 amide bonds. The van der Waals surface area contributed by atoms with Gasteiger partial charge in [0.1, 0.15) is 0 Å². The summed E-state index contributed by atoms with van der Waals surface area (Å²) in [6.07, 6.45) is -0.200. The van der Waals surface area contributed by atoms with E-state index in [9.17, 15) is 9.59 Å². The minimum atomic E-state index is -1.17. The molecule has 1 heterocycles. The van der Waals surface area contributed by atoms with Crippen LogP contribution in [0.1, 0.15) is 10.4 Å². The first-order valence-electron chi connectivity index (χ1n) is 6.33. The number of benzene rings is 1. The number of carbonyl (C=O) groups is 2. The summed E-state index contributed by atoms with van der Waals surface area (Å²) >= 11 is 5.74. The minimum Gasteiger partial charge on any atom is -0.478 e. The largest absolute Gasteiger partial charge is 0.478 e. The summed E-state index contributed by atoms with van der Waals surface area (Å²) in [7, 11) is 0. The van der Waals surface area contributed by atoms with Gasteiger partial charge >= 0.3 is 12.0 Å². The van der Waals surface area contributed by atoms with E-state index in [1.807, 2.05) is 0 Å². The Hall–Kier alpha value is -1.83. The fourth-order valence-corrected chi connectivity index (χ4v) is 2.00. The number of ether oxygens (including phenoxy) is 2. The normalized spacial score (nSPS) is 18.0. The number of carbonyl (C=O) groups excluding carboxylic acids is 1. The van der Waals surface area contributed by atoms with Gasteiger partial charge in [0.25, 0.3) is 0 Å². The average molecular weight is 315 g/mol.